The van der Waals surface area contributed by atoms with Crippen LogP contribution in [0.15, 0.2) is 45.6 Å². The number of hydrogen-bond donors (Lipinski definition) is 1. The van der Waals surface area contributed by atoms with Gasteiger partial charge in [-0.05, 0) is 48.7 Å². The maximum Gasteiger partial charge on any atom is 0.288 e. The molecule has 2 heterocycles. The molecular weight excluding hydrogens is 336 g/mol. The summed E-state index contributed by atoms with van der Waals surface area (Å²) in [6.07, 6.45) is 0. The summed E-state index contributed by atoms with van der Waals surface area (Å²) in [7, 11) is 0. The Balaban J connectivity index is 1.94. The summed E-state index contributed by atoms with van der Waals surface area (Å²) in [5, 5.41) is 14.0. The molecule has 130 valence electrons. The third-order valence-electron chi connectivity index (χ3n) is 4.56. The number of non-ortho nitro benzene ring substituents is 1. The fourth-order valence-corrected chi connectivity index (χ4v) is 3.40. The zero-order valence-corrected chi connectivity index (χ0v) is 14.0. The van der Waals surface area contributed by atoms with Gasteiger partial charge in [-0.3, -0.25) is 19.7 Å². The Morgan fingerprint density at radius 1 is 1.12 bits per heavy atom. The summed E-state index contributed by atoms with van der Waals surface area (Å²) in [5.41, 5.74) is 2.60. The highest BCUT2D eigenvalue weighted by atomic mass is 16.6. The van der Waals surface area contributed by atoms with Gasteiger partial charge in [0, 0.05) is 12.1 Å². The maximum atomic E-state index is 13.1. The molecule has 1 aliphatic heterocycles. The lowest BCUT2D eigenvalue weighted by atomic mass is 9.98. The van der Waals surface area contributed by atoms with Crippen LogP contribution in [0, 0.1) is 24.0 Å². The van der Waals surface area contributed by atoms with Crippen LogP contribution in [0.3, 0.4) is 0 Å². The third kappa shape index (κ3) is 2.28. The van der Waals surface area contributed by atoms with Crippen LogP contribution in [-0.4, -0.2) is 10.8 Å². The molecule has 0 spiro atoms. The average molecular weight is 350 g/mol. The van der Waals surface area contributed by atoms with Crippen LogP contribution in [0.2, 0.25) is 0 Å². The van der Waals surface area contributed by atoms with Gasteiger partial charge in [0.15, 0.2) is 5.43 Å². The van der Waals surface area contributed by atoms with E-state index in [1.54, 1.807) is 6.07 Å². The summed E-state index contributed by atoms with van der Waals surface area (Å²) in [6.45, 7) is 3.71. The summed E-state index contributed by atoms with van der Waals surface area (Å²) < 4.78 is 5.78. The first-order valence-electron chi connectivity index (χ1n) is 8.00. The van der Waals surface area contributed by atoms with E-state index in [-0.39, 0.29) is 22.4 Å². The van der Waals surface area contributed by atoms with Crippen molar-refractivity contribution in [2.24, 2.45) is 0 Å². The number of hydrogen-bond acceptors (Lipinski definition) is 5. The first kappa shape index (κ1) is 16.0. The fourth-order valence-electron chi connectivity index (χ4n) is 3.40. The Hall–Kier alpha value is -3.48. The minimum absolute atomic E-state index is 0.00203. The molecule has 0 fully saturated rings. The van der Waals surface area contributed by atoms with E-state index in [2.05, 4.69) is 5.32 Å². The van der Waals surface area contributed by atoms with Gasteiger partial charge in [0.25, 0.3) is 11.6 Å². The van der Waals surface area contributed by atoms with Crippen LogP contribution >= 0.6 is 0 Å². The normalized spacial score (nSPS) is 15.8. The van der Waals surface area contributed by atoms with Crippen molar-refractivity contribution < 1.29 is 14.1 Å². The van der Waals surface area contributed by atoms with Crippen molar-refractivity contribution in [3.05, 3.63) is 84.7 Å². The molecule has 4 rings (SSSR count). The zero-order valence-electron chi connectivity index (χ0n) is 14.0. The molecule has 0 saturated carbocycles. The molecule has 1 amide bonds. The minimum Gasteiger partial charge on any atom is -0.450 e. The Labute approximate surface area is 147 Å². The van der Waals surface area contributed by atoms with Gasteiger partial charge < -0.3 is 9.73 Å². The van der Waals surface area contributed by atoms with Crippen molar-refractivity contribution in [3.8, 4) is 0 Å². The molecule has 0 saturated heterocycles. The van der Waals surface area contributed by atoms with E-state index >= 15 is 0 Å². The molecular formula is C19H14N2O5. The lowest BCUT2D eigenvalue weighted by molar-refractivity contribution is -0.384. The lowest BCUT2D eigenvalue weighted by Gasteiger charge is -2.11. The van der Waals surface area contributed by atoms with Crippen molar-refractivity contribution in [3.63, 3.8) is 0 Å². The van der Waals surface area contributed by atoms with Crippen LogP contribution in [0.1, 0.15) is 38.9 Å². The van der Waals surface area contributed by atoms with Crippen molar-refractivity contribution in [2.75, 3.05) is 0 Å². The number of nitrogens with one attached hydrogen (secondary N) is 1. The van der Waals surface area contributed by atoms with Crippen molar-refractivity contribution in [1.29, 1.82) is 0 Å². The number of nitrogens with zero attached hydrogens (tertiary/aromatic N) is 1. The quantitative estimate of drug-likeness (QED) is 0.565. The van der Waals surface area contributed by atoms with Gasteiger partial charge in [0.1, 0.15) is 5.58 Å². The molecule has 1 atom stereocenters. The Morgan fingerprint density at radius 2 is 1.81 bits per heavy atom. The van der Waals surface area contributed by atoms with Gasteiger partial charge in [-0.2, -0.15) is 0 Å². The molecule has 1 unspecified atom stereocenters. The van der Waals surface area contributed by atoms with Gasteiger partial charge in [-0.1, -0.05) is 6.07 Å². The molecule has 0 bridgehead atoms. The van der Waals surface area contributed by atoms with Crippen LogP contribution in [-0.2, 0) is 0 Å². The summed E-state index contributed by atoms with van der Waals surface area (Å²) in [4.78, 5) is 35.7. The predicted octanol–water partition coefficient (Wildman–Crippen LogP) is 3.15. The van der Waals surface area contributed by atoms with E-state index in [1.165, 1.54) is 24.3 Å². The highest BCUT2D eigenvalue weighted by Gasteiger charge is 2.36. The van der Waals surface area contributed by atoms with E-state index in [1.807, 2.05) is 19.9 Å². The number of nitro groups is 1. The molecule has 7 heteroatoms. The average Bonchev–Trinajstić information content (AvgIpc) is 2.93. The number of benzene rings is 2. The van der Waals surface area contributed by atoms with Crippen LogP contribution < -0.4 is 10.7 Å². The van der Waals surface area contributed by atoms with Crippen molar-refractivity contribution in [2.45, 2.75) is 19.9 Å². The number of rotatable bonds is 2. The monoisotopic (exact) mass is 350 g/mol. The first-order chi connectivity index (χ1) is 12.4. The molecule has 0 radical (unpaired) electrons. The topological polar surface area (TPSA) is 102 Å². The number of amides is 1. The summed E-state index contributed by atoms with van der Waals surface area (Å²) in [6, 6.07) is 8.68. The van der Waals surface area contributed by atoms with Gasteiger partial charge >= 0.3 is 0 Å². The maximum absolute atomic E-state index is 13.1. The van der Waals surface area contributed by atoms with Gasteiger partial charge in [-0.15, -0.1) is 0 Å². The largest absolute Gasteiger partial charge is 0.450 e. The van der Waals surface area contributed by atoms with Crippen LogP contribution in [0.5, 0.6) is 0 Å². The second-order valence-corrected chi connectivity index (χ2v) is 6.39. The van der Waals surface area contributed by atoms with E-state index in [4.69, 9.17) is 4.42 Å². The fraction of sp³-hybridized carbons (Fsp3) is 0.158. The van der Waals surface area contributed by atoms with E-state index in [0.29, 0.717) is 16.5 Å². The molecule has 1 aliphatic rings. The number of aryl methyl sites for hydroxylation is 2. The molecule has 1 aromatic heterocycles. The SMILES string of the molecule is Cc1cc(C)c2oc3c(c(=O)c2c1)C(c1ccc([N+](=O)[O-])cc1)NC3=O. The Bertz CT molecular complexity index is 1150. The number of carbonyl (C=O) groups excluding carboxylic acids is 1. The summed E-state index contributed by atoms with van der Waals surface area (Å²) in [5.74, 6) is -0.472. The van der Waals surface area contributed by atoms with E-state index < -0.39 is 16.9 Å². The van der Waals surface area contributed by atoms with E-state index in [9.17, 15) is 19.7 Å². The molecule has 0 aliphatic carbocycles. The number of carbonyl (C=O) groups is 1. The first-order valence-corrected chi connectivity index (χ1v) is 8.00. The third-order valence-corrected chi connectivity index (χ3v) is 4.56. The van der Waals surface area contributed by atoms with Gasteiger partial charge in [-0.25, -0.2) is 0 Å². The van der Waals surface area contributed by atoms with Crippen LogP contribution in [0.25, 0.3) is 11.0 Å². The molecule has 1 N–H and O–H groups in total. The smallest absolute Gasteiger partial charge is 0.288 e. The zero-order chi connectivity index (χ0) is 18.6. The van der Waals surface area contributed by atoms with Gasteiger partial charge in [0.05, 0.1) is 21.9 Å². The highest BCUT2D eigenvalue weighted by molar-refractivity contribution is 5.99. The second kappa shape index (κ2) is 5.52. The molecule has 7 nitrogen and oxygen atoms in total. The Morgan fingerprint density at radius 3 is 2.46 bits per heavy atom. The van der Waals surface area contributed by atoms with E-state index in [0.717, 1.165) is 11.1 Å². The van der Waals surface area contributed by atoms with Crippen molar-refractivity contribution >= 4 is 22.6 Å². The highest BCUT2D eigenvalue weighted by Crippen LogP contribution is 2.32. The van der Waals surface area contributed by atoms with Crippen molar-refractivity contribution in [1.82, 2.24) is 5.32 Å². The second-order valence-electron chi connectivity index (χ2n) is 6.39. The summed E-state index contributed by atoms with van der Waals surface area (Å²) >= 11 is 0. The molecule has 2 aromatic carbocycles. The lowest BCUT2D eigenvalue weighted by Crippen LogP contribution is -2.21. The molecule has 3 aromatic rings. The predicted molar refractivity (Wildman–Crippen MR) is 94.4 cm³/mol. The number of nitro benzene ring substituents is 1. The molecule has 26 heavy (non-hydrogen) atoms. The standard InChI is InChI=1S/C19H14N2O5/c1-9-7-10(2)17-13(8-9)16(22)14-15(20-19(23)18(14)26-17)11-3-5-12(6-4-11)21(24)25/h3-8,15H,1-2H3,(H,20,23). The van der Waals surface area contributed by atoms with Gasteiger partial charge in [0.2, 0.25) is 5.76 Å². The van der Waals surface area contributed by atoms with Crippen LogP contribution in [0.4, 0.5) is 5.69 Å². The Kier molecular flexibility index (Phi) is 3.40. The minimum atomic E-state index is -0.695. The number of fused-ring (bicyclic) bond motifs is 2.